The summed E-state index contributed by atoms with van der Waals surface area (Å²) in [7, 11) is 0. The third-order valence-corrected chi connectivity index (χ3v) is 5.84. The molecule has 0 saturated heterocycles. The molecule has 0 saturated carbocycles. The zero-order valence-electron chi connectivity index (χ0n) is 17.2. The third-order valence-electron chi connectivity index (χ3n) is 5.16. The zero-order valence-corrected chi connectivity index (χ0v) is 18.0. The lowest BCUT2D eigenvalue weighted by atomic mass is 10.1. The molecule has 1 aromatic carbocycles. The van der Waals surface area contributed by atoms with Gasteiger partial charge >= 0.3 is 0 Å². The zero-order chi connectivity index (χ0) is 22.1. The van der Waals surface area contributed by atoms with E-state index in [0.29, 0.717) is 25.5 Å². The highest BCUT2D eigenvalue weighted by atomic mass is 32.1. The van der Waals surface area contributed by atoms with Crippen LogP contribution in [0.5, 0.6) is 0 Å². The van der Waals surface area contributed by atoms with Gasteiger partial charge in [0.05, 0.1) is 13.1 Å². The fraction of sp³-hybridized carbons (Fsp3) is 0.238. The number of amides is 2. The Labute approximate surface area is 186 Å². The maximum absolute atomic E-state index is 13.1. The smallest absolute Gasteiger partial charge is 0.281 e. The summed E-state index contributed by atoms with van der Waals surface area (Å²) in [5, 5.41) is 18.8. The normalized spacial score (nSPS) is 13.3. The molecule has 1 aliphatic heterocycles. The fourth-order valence-electron chi connectivity index (χ4n) is 3.41. The van der Waals surface area contributed by atoms with E-state index in [1.165, 1.54) is 20.9 Å². The number of benzene rings is 1. The molecule has 3 aromatic heterocycles. The molecule has 4 heterocycles. The number of nitrogens with one attached hydrogen (secondary N) is 1. The first kappa shape index (κ1) is 20.1. The summed E-state index contributed by atoms with van der Waals surface area (Å²) in [5.74, 6) is -0.0546. The van der Waals surface area contributed by atoms with Gasteiger partial charge in [-0.3, -0.25) is 9.59 Å². The van der Waals surface area contributed by atoms with Crippen LogP contribution >= 0.6 is 11.3 Å². The lowest BCUT2D eigenvalue weighted by Gasteiger charge is -2.26. The summed E-state index contributed by atoms with van der Waals surface area (Å²) in [4.78, 5) is 31.4. The minimum Gasteiger partial charge on any atom is -0.350 e. The number of fused-ring (bicyclic) bond motifs is 1. The van der Waals surface area contributed by atoms with Gasteiger partial charge in [-0.25, -0.2) is 4.68 Å². The van der Waals surface area contributed by atoms with Crippen molar-refractivity contribution in [2.75, 3.05) is 13.1 Å². The number of hydrogen-bond donors (Lipinski definition) is 1. The van der Waals surface area contributed by atoms with Crippen LogP contribution in [0.1, 0.15) is 21.6 Å². The van der Waals surface area contributed by atoms with Crippen LogP contribution in [-0.4, -0.2) is 54.9 Å². The Balaban J connectivity index is 1.29. The van der Waals surface area contributed by atoms with Gasteiger partial charge < -0.3 is 14.7 Å². The molecule has 11 heteroatoms. The van der Waals surface area contributed by atoms with Gasteiger partial charge in [0.2, 0.25) is 11.7 Å². The van der Waals surface area contributed by atoms with Crippen molar-refractivity contribution in [2.24, 2.45) is 0 Å². The Morgan fingerprint density at radius 1 is 1.22 bits per heavy atom. The highest BCUT2D eigenvalue weighted by Crippen LogP contribution is 2.26. The standard InChI is InChI=1S/C21H19N7O3S/c1-13-2-4-14(5-3-13)10-22-16(29)11-27-7-8-28-18(21(27)30)17(24-26-28)20-23-19(25-31-20)15-6-9-32-12-15/h2-6,9,12H,7-8,10-11H2,1H3,(H,22,29). The molecule has 0 radical (unpaired) electrons. The second-order valence-corrected chi connectivity index (χ2v) is 8.21. The maximum atomic E-state index is 13.1. The minimum atomic E-state index is -0.350. The molecule has 0 unspecified atom stereocenters. The van der Waals surface area contributed by atoms with Crippen molar-refractivity contribution in [3.05, 3.63) is 57.9 Å². The second kappa shape index (κ2) is 8.35. The van der Waals surface area contributed by atoms with E-state index in [2.05, 4.69) is 25.8 Å². The van der Waals surface area contributed by atoms with Crippen molar-refractivity contribution in [3.63, 3.8) is 0 Å². The van der Waals surface area contributed by atoms with Crippen LogP contribution in [0.4, 0.5) is 0 Å². The van der Waals surface area contributed by atoms with Gasteiger partial charge in [-0.15, -0.1) is 5.10 Å². The van der Waals surface area contributed by atoms with Crippen molar-refractivity contribution >= 4 is 23.2 Å². The largest absolute Gasteiger partial charge is 0.350 e. The summed E-state index contributed by atoms with van der Waals surface area (Å²) in [6, 6.07) is 9.79. The Hall–Kier alpha value is -3.86. The highest BCUT2D eigenvalue weighted by molar-refractivity contribution is 7.08. The van der Waals surface area contributed by atoms with E-state index in [1.807, 2.05) is 48.0 Å². The van der Waals surface area contributed by atoms with E-state index in [1.54, 1.807) is 0 Å². The Kier molecular flexibility index (Phi) is 5.23. The maximum Gasteiger partial charge on any atom is 0.281 e. The molecule has 0 atom stereocenters. The van der Waals surface area contributed by atoms with Crippen LogP contribution in [0, 0.1) is 6.92 Å². The second-order valence-electron chi connectivity index (χ2n) is 7.43. The molecule has 10 nitrogen and oxygen atoms in total. The molecule has 5 rings (SSSR count). The number of aromatic nitrogens is 5. The molecular formula is C21H19N7O3S. The van der Waals surface area contributed by atoms with Crippen molar-refractivity contribution in [2.45, 2.75) is 20.0 Å². The van der Waals surface area contributed by atoms with Crippen LogP contribution < -0.4 is 5.32 Å². The predicted molar refractivity (Wildman–Crippen MR) is 116 cm³/mol. The number of hydrogen-bond acceptors (Lipinski definition) is 8. The van der Waals surface area contributed by atoms with Gasteiger partial charge in [0, 0.05) is 24.0 Å². The number of carbonyl (C=O) groups is 2. The Bertz CT molecular complexity index is 1260. The molecule has 1 aliphatic rings. The summed E-state index contributed by atoms with van der Waals surface area (Å²) < 4.78 is 6.84. The number of rotatable bonds is 6. The van der Waals surface area contributed by atoms with Crippen LogP contribution in [0.15, 0.2) is 45.6 Å². The van der Waals surface area contributed by atoms with Gasteiger partial charge in [-0.2, -0.15) is 16.3 Å². The molecule has 0 fully saturated rings. The van der Waals surface area contributed by atoms with Crippen LogP contribution in [0.3, 0.4) is 0 Å². The lowest BCUT2D eigenvalue weighted by Crippen LogP contribution is -2.46. The molecule has 0 bridgehead atoms. The first-order chi connectivity index (χ1) is 15.6. The summed E-state index contributed by atoms with van der Waals surface area (Å²) in [6.07, 6.45) is 0. The van der Waals surface area contributed by atoms with E-state index in [4.69, 9.17) is 4.52 Å². The summed E-state index contributed by atoms with van der Waals surface area (Å²) >= 11 is 1.52. The molecule has 2 amide bonds. The highest BCUT2D eigenvalue weighted by Gasteiger charge is 2.33. The van der Waals surface area contributed by atoms with Gasteiger partial charge in [-0.1, -0.05) is 40.2 Å². The monoisotopic (exact) mass is 449 g/mol. The quantitative estimate of drug-likeness (QED) is 0.479. The fourth-order valence-corrected chi connectivity index (χ4v) is 4.04. The first-order valence-electron chi connectivity index (χ1n) is 10.00. The van der Waals surface area contributed by atoms with Gasteiger partial charge in [0.1, 0.15) is 0 Å². The van der Waals surface area contributed by atoms with Gasteiger partial charge in [0.25, 0.3) is 11.8 Å². The van der Waals surface area contributed by atoms with E-state index >= 15 is 0 Å². The molecule has 162 valence electrons. The Morgan fingerprint density at radius 2 is 2.06 bits per heavy atom. The average Bonchev–Trinajstić information content (AvgIpc) is 3.55. The SMILES string of the molecule is Cc1ccc(CNC(=O)CN2CCn3nnc(-c4nc(-c5ccsc5)no4)c3C2=O)cc1. The van der Waals surface area contributed by atoms with Crippen molar-refractivity contribution < 1.29 is 14.1 Å². The molecule has 0 spiro atoms. The molecular weight excluding hydrogens is 430 g/mol. The molecule has 4 aromatic rings. The van der Waals surface area contributed by atoms with Crippen LogP contribution in [0.25, 0.3) is 23.0 Å². The Morgan fingerprint density at radius 3 is 2.84 bits per heavy atom. The summed E-state index contributed by atoms with van der Waals surface area (Å²) in [5.41, 5.74) is 3.43. The number of aryl methyl sites for hydroxylation is 1. The summed E-state index contributed by atoms with van der Waals surface area (Å²) in [6.45, 7) is 3.13. The number of thiophene rings is 1. The van der Waals surface area contributed by atoms with E-state index in [-0.39, 0.29) is 35.6 Å². The third kappa shape index (κ3) is 3.89. The van der Waals surface area contributed by atoms with Gasteiger partial charge in [-0.05, 0) is 23.9 Å². The topological polar surface area (TPSA) is 119 Å². The first-order valence-corrected chi connectivity index (χ1v) is 10.9. The van der Waals surface area contributed by atoms with Crippen molar-refractivity contribution in [1.29, 1.82) is 0 Å². The van der Waals surface area contributed by atoms with E-state index in [9.17, 15) is 9.59 Å². The minimum absolute atomic E-state index is 0.0562. The van der Waals surface area contributed by atoms with Crippen LogP contribution in [0.2, 0.25) is 0 Å². The molecule has 0 aliphatic carbocycles. The lowest BCUT2D eigenvalue weighted by molar-refractivity contribution is -0.122. The van der Waals surface area contributed by atoms with Crippen molar-refractivity contribution in [1.82, 2.24) is 35.4 Å². The van der Waals surface area contributed by atoms with E-state index < -0.39 is 0 Å². The van der Waals surface area contributed by atoms with E-state index in [0.717, 1.165) is 16.7 Å². The van der Waals surface area contributed by atoms with Crippen molar-refractivity contribution in [3.8, 4) is 23.0 Å². The number of carbonyl (C=O) groups excluding carboxylic acids is 2. The van der Waals surface area contributed by atoms with Gasteiger partial charge in [0.15, 0.2) is 11.4 Å². The predicted octanol–water partition coefficient (Wildman–Crippen LogP) is 2.14. The molecule has 1 N–H and O–H groups in total. The molecule has 32 heavy (non-hydrogen) atoms. The number of nitrogens with zero attached hydrogens (tertiary/aromatic N) is 6. The van der Waals surface area contributed by atoms with Crippen LogP contribution in [-0.2, 0) is 17.9 Å². The average molecular weight is 449 g/mol.